The average molecular weight is 700 g/mol. The molecule has 0 fully saturated rings. The first-order chi connectivity index (χ1) is 23.2. The lowest BCUT2D eigenvalue weighted by Gasteiger charge is -2.35. The van der Waals surface area contributed by atoms with E-state index in [9.17, 15) is 23.1 Å². The second-order valence-corrected chi connectivity index (χ2v) is 14.9. The summed E-state index contributed by atoms with van der Waals surface area (Å²) in [4.78, 5) is 29.0. The predicted octanol–water partition coefficient (Wildman–Crippen LogP) is 5.36. The highest BCUT2D eigenvalue weighted by molar-refractivity contribution is 7.89. The predicted molar refractivity (Wildman–Crippen MR) is 186 cm³/mol. The molecule has 4 rings (SSSR count). The van der Waals surface area contributed by atoms with Gasteiger partial charge in [0.2, 0.25) is 10.0 Å². The Labute approximate surface area is 289 Å². The minimum atomic E-state index is -3.80. The van der Waals surface area contributed by atoms with E-state index in [0.29, 0.717) is 41.6 Å². The summed E-state index contributed by atoms with van der Waals surface area (Å²) in [6.45, 7) is 11.2. The summed E-state index contributed by atoms with van der Waals surface area (Å²) < 4.78 is 46.0. The zero-order chi connectivity index (χ0) is 35.9. The van der Waals surface area contributed by atoms with Gasteiger partial charge in [-0.3, -0.25) is 4.79 Å². The minimum Gasteiger partial charge on any atom is -0.490 e. The summed E-state index contributed by atoms with van der Waals surface area (Å²) in [7, 11) is -2.27. The molecule has 0 radical (unpaired) electrons. The number of benzene rings is 2. The molecule has 14 heteroatoms. The van der Waals surface area contributed by atoms with Crippen LogP contribution in [0, 0.1) is 26.7 Å². The molecule has 4 atom stereocenters. The number of aliphatic hydroxyl groups excluding tert-OH is 1. The number of aryl methyl sites for hydroxylation is 3. The number of nitrogens with zero attached hydrogens (tertiary/aromatic N) is 3. The number of aromatic nitrogens is 1. The number of carbonyl (C=O) groups is 2. The molecule has 268 valence electrons. The molecule has 49 heavy (non-hydrogen) atoms. The smallest absolute Gasteiger partial charge is 0.323 e. The van der Waals surface area contributed by atoms with Gasteiger partial charge in [-0.05, 0) is 84.2 Å². The Kier molecular flexibility index (Phi) is 12.8. The number of nitrogens with one attached hydrogen (secondary N) is 2. The van der Waals surface area contributed by atoms with Gasteiger partial charge in [-0.2, -0.15) is 4.31 Å². The van der Waals surface area contributed by atoms with Gasteiger partial charge in [0, 0.05) is 38.3 Å². The Morgan fingerprint density at radius 3 is 2.47 bits per heavy atom. The molecule has 0 saturated heterocycles. The standard InChI is InChI=1S/C35H49N5O8S/c1-22-11-14-29(15-12-22)49(44,45)39(7)20-32-23(2)19-40(24(3)21-41)34(42)30-18-28(36-35(43)37-33-26(5)38-48-27(33)6)13-16-31(30)47-25(4)10-8-9-17-46-32/h11-16,18,23-25,32,41H,8-10,17,19-21H2,1-7H3,(H2,36,37,43)/t23-,24-,25-,32+/m1/s1. The fourth-order valence-corrected chi connectivity index (χ4v) is 6.83. The van der Waals surface area contributed by atoms with Gasteiger partial charge in [-0.1, -0.05) is 29.8 Å². The number of rotatable bonds is 8. The van der Waals surface area contributed by atoms with Crippen LogP contribution >= 0.6 is 0 Å². The number of urea groups is 1. The quantitative estimate of drug-likeness (QED) is 0.281. The maximum Gasteiger partial charge on any atom is 0.323 e. The van der Waals surface area contributed by atoms with Crippen LogP contribution in [-0.2, 0) is 14.8 Å². The number of sulfonamides is 1. The van der Waals surface area contributed by atoms with Crippen LogP contribution in [0.4, 0.5) is 16.2 Å². The maximum atomic E-state index is 14.4. The van der Waals surface area contributed by atoms with Gasteiger partial charge >= 0.3 is 6.03 Å². The van der Waals surface area contributed by atoms with Crippen LogP contribution in [-0.4, -0.2) is 91.4 Å². The third-order valence-corrected chi connectivity index (χ3v) is 10.6. The molecule has 1 aliphatic rings. The van der Waals surface area contributed by atoms with Crippen LogP contribution in [0.25, 0.3) is 0 Å². The van der Waals surface area contributed by atoms with Gasteiger partial charge < -0.3 is 34.6 Å². The van der Waals surface area contributed by atoms with E-state index in [2.05, 4.69) is 15.8 Å². The third kappa shape index (κ3) is 9.59. The topological polar surface area (TPSA) is 164 Å². The first-order valence-electron chi connectivity index (χ1n) is 16.6. The number of anilines is 2. The zero-order valence-electron chi connectivity index (χ0n) is 29.4. The van der Waals surface area contributed by atoms with E-state index in [1.54, 1.807) is 68.1 Å². The Balaban J connectivity index is 1.63. The van der Waals surface area contributed by atoms with Gasteiger partial charge in [0.25, 0.3) is 5.91 Å². The summed E-state index contributed by atoms with van der Waals surface area (Å²) in [6.07, 6.45) is 1.42. The van der Waals surface area contributed by atoms with E-state index in [1.165, 1.54) is 11.4 Å². The molecular formula is C35H49N5O8S. The van der Waals surface area contributed by atoms with Crippen molar-refractivity contribution in [3.63, 3.8) is 0 Å². The molecule has 0 spiro atoms. The zero-order valence-corrected chi connectivity index (χ0v) is 30.2. The van der Waals surface area contributed by atoms with E-state index in [0.717, 1.165) is 18.4 Å². The Morgan fingerprint density at radius 2 is 1.82 bits per heavy atom. The first kappa shape index (κ1) is 37.8. The van der Waals surface area contributed by atoms with Crippen LogP contribution < -0.4 is 15.4 Å². The number of ether oxygens (including phenoxy) is 2. The lowest BCUT2D eigenvalue weighted by Crippen LogP contribution is -2.48. The van der Waals surface area contributed by atoms with Gasteiger partial charge in [0.15, 0.2) is 5.76 Å². The molecular weight excluding hydrogens is 650 g/mol. The van der Waals surface area contributed by atoms with Crippen LogP contribution in [0.1, 0.15) is 67.4 Å². The fraction of sp³-hybridized carbons (Fsp3) is 0.514. The molecule has 3 aromatic rings. The summed E-state index contributed by atoms with van der Waals surface area (Å²) in [5, 5.41) is 19.6. The van der Waals surface area contributed by atoms with Crippen molar-refractivity contribution in [3.8, 4) is 5.75 Å². The fourth-order valence-electron chi connectivity index (χ4n) is 5.64. The summed E-state index contributed by atoms with van der Waals surface area (Å²) in [6, 6.07) is 10.4. The normalized spacial score (nSPS) is 20.2. The lowest BCUT2D eigenvalue weighted by atomic mass is 10.0. The number of amides is 3. The summed E-state index contributed by atoms with van der Waals surface area (Å²) in [5.74, 6) is 0.0629. The van der Waals surface area contributed by atoms with E-state index in [4.69, 9.17) is 14.0 Å². The van der Waals surface area contributed by atoms with Crippen LogP contribution in [0.3, 0.4) is 0 Å². The van der Waals surface area contributed by atoms with E-state index in [1.807, 2.05) is 20.8 Å². The lowest BCUT2D eigenvalue weighted by molar-refractivity contribution is -0.00833. The number of fused-ring (bicyclic) bond motifs is 1. The minimum absolute atomic E-state index is 0.0668. The van der Waals surface area contributed by atoms with Gasteiger partial charge in [-0.15, -0.1) is 0 Å². The molecule has 1 aromatic heterocycles. The molecule has 2 aromatic carbocycles. The number of hydrogen-bond donors (Lipinski definition) is 3. The maximum absolute atomic E-state index is 14.4. The van der Waals surface area contributed by atoms with Gasteiger partial charge in [-0.25, -0.2) is 13.2 Å². The van der Waals surface area contributed by atoms with Crippen molar-refractivity contribution in [2.45, 2.75) is 84.0 Å². The van der Waals surface area contributed by atoms with Gasteiger partial charge in [0.05, 0.1) is 35.3 Å². The molecule has 3 N–H and O–H groups in total. The monoisotopic (exact) mass is 699 g/mol. The molecule has 0 aliphatic carbocycles. The highest BCUT2D eigenvalue weighted by Gasteiger charge is 2.32. The molecule has 0 saturated carbocycles. The second kappa shape index (κ2) is 16.6. The van der Waals surface area contributed by atoms with Crippen molar-refractivity contribution < 1.29 is 37.1 Å². The second-order valence-electron chi connectivity index (χ2n) is 12.9. The number of aliphatic hydroxyl groups is 1. The van der Waals surface area contributed by atoms with Crippen LogP contribution in [0.2, 0.25) is 0 Å². The third-order valence-electron chi connectivity index (χ3n) is 8.75. The average Bonchev–Trinajstić information content (AvgIpc) is 3.38. The molecule has 0 unspecified atom stereocenters. The first-order valence-corrected chi connectivity index (χ1v) is 18.0. The van der Waals surface area contributed by atoms with Crippen LogP contribution in [0.5, 0.6) is 5.75 Å². The van der Waals surface area contributed by atoms with E-state index < -0.39 is 34.1 Å². The van der Waals surface area contributed by atoms with Crippen molar-refractivity contribution in [2.24, 2.45) is 5.92 Å². The van der Waals surface area contributed by atoms with E-state index in [-0.39, 0.29) is 42.2 Å². The largest absolute Gasteiger partial charge is 0.490 e. The van der Waals surface area contributed by atoms with Crippen LogP contribution in [0.15, 0.2) is 51.9 Å². The van der Waals surface area contributed by atoms with Gasteiger partial charge in [0.1, 0.15) is 17.1 Å². The summed E-state index contributed by atoms with van der Waals surface area (Å²) in [5.41, 5.74) is 2.50. The van der Waals surface area contributed by atoms with Crippen molar-refractivity contribution in [1.29, 1.82) is 0 Å². The van der Waals surface area contributed by atoms with Crippen molar-refractivity contribution in [1.82, 2.24) is 14.4 Å². The van der Waals surface area contributed by atoms with Crippen molar-refractivity contribution in [2.75, 3.05) is 44.0 Å². The highest BCUT2D eigenvalue weighted by Crippen LogP contribution is 2.29. The Hall–Kier alpha value is -3.98. The number of carbonyl (C=O) groups excluding carboxylic acids is 2. The highest BCUT2D eigenvalue weighted by atomic mass is 32.2. The molecule has 0 bridgehead atoms. The Morgan fingerprint density at radius 1 is 1.10 bits per heavy atom. The Bertz CT molecular complexity index is 1670. The van der Waals surface area contributed by atoms with E-state index >= 15 is 0 Å². The number of hydrogen-bond acceptors (Lipinski definition) is 9. The molecule has 13 nitrogen and oxygen atoms in total. The number of likely N-dealkylation sites (N-methyl/N-ethyl adjacent to an activating group) is 1. The molecule has 3 amide bonds. The molecule has 2 heterocycles. The summed E-state index contributed by atoms with van der Waals surface area (Å²) >= 11 is 0. The molecule has 1 aliphatic heterocycles. The van der Waals surface area contributed by atoms with Crippen molar-refractivity contribution >= 4 is 33.3 Å². The van der Waals surface area contributed by atoms with Crippen molar-refractivity contribution in [3.05, 3.63) is 65.0 Å². The SMILES string of the molecule is Cc1ccc(S(=O)(=O)N(C)C[C@@H]2OCCCC[C@@H](C)Oc3ccc(NC(=O)Nc4c(C)noc4C)cc3C(=O)N([C@H](C)CO)C[C@H]2C)cc1.